The van der Waals surface area contributed by atoms with Gasteiger partial charge in [0.1, 0.15) is 5.75 Å². The van der Waals surface area contributed by atoms with Crippen LogP contribution in [0.4, 0.5) is 13.2 Å². The van der Waals surface area contributed by atoms with Crippen LogP contribution in [0.5, 0.6) is 5.75 Å². The van der Waals surface area contributed by atoms with Gasteiger partial charge < -0.3 is 15.2 Å². The van der Waals surface area contributed by atoms with Gasteiger partial charge in [0, 0.05) is 6.54 Å². The van der Waals surface area contributed by atoms with Crippen LogP contribution in [0.25, 0.3) is 0 Å². The summed E-state index contributed by atoms with van der Waals surface area (Å²) in [4.78, 5) is 21.7. The third-order valence-electron chi connectivity index (χ3n) is 2.27. The first kappa shape index (κ1) is 18.1. The van der Waals surface area contributed by atoms with Crippen molar-refractivity contribution in [3.8, 4) is 5.75 Å². The molecular weight excluding hydrogens is 323 g/mol. The van der Waals surface area contributed by atoms with Gasteiger partial charge in [0.05, 0.1) is 11.5 Å². The SMILES string of the molecule is O=C(O)CSCC(=O)NCc1ccc(OCC(F)(F)F)cc1. The lowest BCUT2D eigenvalue weighted by Gasteiger charge is -2.10. The molecule has 1 aromatic rings. The van der Waals surface area contributed by atoms with Gasteiger partial charge in [0.2, 0.25) is 5.91 Å². The molecule has 0 aromatic heterocycles. The van der Waals surface area contributed by atoms with Crippen LogP contribution >= 0.6 is 11.8 Å². The Morgan fingerprint density at radius 1 is 1.18 bits per heavy atom. The smallest absolute Gasteiger partial charge is 0.422 e. The van der Waals surface area contributed by atoms with Crippen molar-refractivity contribution in [2.75, 3.05) is 18.1 Å². The number of amides is 1. The Bertz CT molecular complexity index is 505. The lowest BCUT2D eigenvalue weighted by Crippen LogP contribution is -2.25. The number of carbonyl (C=O) groups is 2. The molecule has 1 rings (SSSR count). The maximum absolute atomic E-state index is 12.0. The largest absolute Gasteiger partial charge is 0.484 e. The molecule has 1 aromatic carbocycles. The number of alkyl halides is 3. The van der Waals surface area contributed by atoms with E-state index in [1.54, 1.807) is 0 Å². The molecule has 2 N–H and O–H groups in total. The van der Waals surface area contributed by atoms with Crippen LogP contribution in [0.1, 0.15) is 5.56 Å². The Morgan fingerprint density at radius 2 is 1.82 bits per heavy atom. The van der Waals surface area contributed by atoms with Crippen LogP contribution in [0, 0.1) is 0 Å². The second-order valence-corrected chi connectivity index (χ2v) is 5.20. The molecule has 0 unspecified atom stereocenters. The predicted octanol–water partition coefficient (Wildman–Crippen LogP) is 2.06. The molecule has 0 radical (unpaired) electrons. The van der Waals surface area contributed by atoms with E-state index in [0.717, 1.165) is 11.8 Å². The Balaban J connectivity index is 2.32. The number of thioether (sulfide) groups is 1. The molecule has 0 bridgehead atoms. The summed E-state index contributed by atoms with van der Waals surface area (Å²) in [5.74, 6) is -1.35. The molecule has 0 aliphatic heterocycles. The summed E-state index contributed by atoms with van der Waals surface area (Å²) in [5, 5.41) is 11.0. The first-order valence-electron chi connectivity index (χ1n) is 6.11. The lowest BCUT2D eigenvalue weighted by molar-refractivity contribution is -0.153. The van der Waals surface area contributed by atoms with Gasteiger partial charge in [-0.1, -0.05) is 12.1 Å². The van der Waals surface area contributed by atoms with E-state index in [0.29, 0.717) is 5.56 Å². The number of carboxylic acids is 1. The number of hydrogen-bond acceptors (Lipinski definition) is 4. The van der Waals surface area contributed by atoms with Gasteiger partial charge in [0.15, 0.2) is 6.61 Å². The van der Waals surface area contributed by atoms with Crippen molar-refractivity contribution >= 4 is 23.6 Å². The van der Waals surface area contributed by atoms with Crippen molar-refractivity contribution in [1.82, 2.24) is 5.32 Å². The molecule has 22 heavy (non-hydrogen) atoms. The number of rotatable bonds is 8. The van der Waals surface area contributed by atoms with Crippen molar-refractivity contribution in [2.45, 2.75) is 12.7 Å². The molecule has 122 valence electrons. The highest BCUT2D eigenvalue weighted by atomic mass is 32.2. The fourth-order valence-corrected chi connectivity index (χ4v) is 1.92. The van der Waals surface area contributed by atoms with E-state index in [9.17, 15) is 22.8 Å². The fourth-order valence-electron chi connectivity index (χ4n) is 1.35. The summed E-state index contributed by atoms with van der Waals surface area (Å²) < 4.78 is 40.5. The maximum atomic E-state index is 12.0. The van der Waals surface area contributed by atoms with Gasteiger partial charge in [-0.15, -0.1) is 11.8 Å². The number of benzene rings is 1. The van der Waals surface area contributed by atoms with Gasteiger partial charge >= 0.3 is 12.1 Å². The minimum atomic E-state index is -4.39. The first-order valence-corrected chi connectivity index (χ1v) is 7.26. The van der Waals surface area contributed by atoms with Crippen molar-refractivity contribution in [3.63, 3.8) is 0 Å². The molecule has 0 aliphatic rings. The molecule has 1 amide bonds. The second-order valence-electron chi connectivity index (χ2n) is 4.21. The van der Waals surface area contributed by atoms with Gasteiger partial charge in [-0.05, 0) is 17.7 Å². The van der Waals surface area contributed by atoms with Crippen LogP contribution in [0.15, 0.2) is 24.3 Å². The maximum Gasteiger partial charge on any atom is 0.422 e. The highest BCUT2D eigenvalue weighted by Crippen LogP contribution is 2.18. The molecule has 0 fully saturated rings. The molecule has 0 spiro atoms. The molecule has 0 saturated heterocycles. The Labute approximate surface area is 128 Å². The molecule has 0 atom stereocenters. The number of carbonyl (C=O) groups excluding carboxylic acids is 1. The summed E-state index contributed by atoms with van der Waals surface area (Å²) in [6.07, 6.45) is -4.39. The van der Waals surface area contributed by atoms with E-state index in [2.05, 4.69) is 10.1 Å². The fraction of sp³-hybridized carbons (Fsp3) is 0.385. The number of aliphatic carboxylic acids is 1. The highest BCUT2D eigenvalue weighted by Gasteiger charge is 2.28. The Morgan fingerprint density at radius 3 is 2.36 bits per heavy atom. The Kier molecular flexibility index (Phi) is 7.03. The highest BCUT2D eigenvalue weighted by molar-refractivity contribution is 8.00. The van der Waals surface area contributed by atoms with Crippen molar-refractivity contribution in [1.29, 1.82) is 0 Å². The first-order chi connectivity index (χ1) is 10.3. The van der Waals surface area contributed by atoms with E-state index < -0.39 is 18.8 Å². The van der Waals surface area contributed by atoms with Crippen LogP contribution in [-0.4, -0.2) is 41.3 Å². The van der Waals surface area contributed by atoms with E-state index >= 15 is 0 Å². The van der Waals surface area contributed by atoms with Gasteiger partial charge in [0.25, 0.3) is 0 Å². The molecule has 0 aliphatic carbocycles. The topological polar surface area (TPSA) is 75.6 Å². The number of ether oxygens (including phenoxy) is 1. The average molecular weight is 337 g/mol. The monoisotopic (exact) mass is 337 g/mol. The summed E-state index contributed by atoms with van der Waals surface area (Å²) in [6, 6.07) is 5.84. The van der Waals surface area contributed by atoms with Crippen molar-refractivity contribution in [3.05, 3.63) is 29.8 Å². The van der Waals surface area contributed by atoms with Crippen LogP contribution in [0.3, 0.4) is 0 Å². The number of halogens is 3. The van der Waals surface area contributed by atoms with E-state index in [-0.39, 0.29) is 29.7 Å². The van der Waals surface area contributed by atoms with Crippen LogP contribution in [0.2, 0.25) is 0 Å². The molecule has 0 saturated carbocycles. The molecule has 9 heteroatoms. The van der Waals surface area contributed by atoms with Gasteiger partial charge in [-0.2, -0.15) is 13.2 Å². The van der Waals surface area contributed by atoms with Crippen molar-refractivity contribution < 1.29 is 32.6 Å². The standard InChI is InChI=1S/C13H14F3NO4S/c14-13(15,16)8-21-10-3-1-9(2-4-10)5-17-11(18)6-22-7-12(19)20/h1-4H,5-8H2,(H,17,18)(H,19,20). The second kappa shape index (κ2) is 8.52. The summed E-state index contributed by atoms with van der Waals surface area (Å²) in [7, 11) is 0. The summed E-state index contributed by atoms with van der Waals surface area (Å²) in [6.45, 7) is -1.16. The normalized spacial score (nSPS) is 11.0. The summed E-state index contributed by atoms with van der Waals surface area (Å²) in [5.41, 5.74) is 0.691. The van der Waals surface area contributed by atoms with Gasteiger partial charge in [-0.3, -0.25) is 9.59 Å². The van der Waals surface area contributed by atoms with Crippen molar-refractivity contribution in [2.24, 2.45) is 0 Å². The lowest BCUT2D eigenvalue weighted by atomic mass is 10.2. The average Bonchev–Trinajstić information content (AvgIpc) is 2.43. The number of nitrogens with one attached hydrogen (secondary N) is 1. The minimum absolute atomic E-state index is 0.0269. The third kappa shape index (κ3) is 8.40. The quantitative estimate of drug-likeness (QED) is 0.759. The zero-order valence-electron chi connectivity index (χ0n) is 11.4. The van der Waals surface area contributed by atoms with E-state index in [1.165, 1.54) is 24.3 Å². The van der Waals surface area contributed by atoms with Gasteiger partial charge in [-0.25, -0.2) is 0 Å². The molecular formula is C13H14F3NO4S. The number of carboxylic acid groups (broad SMARTS) is 1. The van der Waals surface area contributed by atoms with Crippen LogP contribution in [-0.2, 0) is 16.1 Å². The van der Waals surface area contributed by atoms with E-state index in [1.807, 2.05) is 0 Å². The molecule has 5 nitrogen and oxygen atoms in total. The Hall–Kier alpha value is -1.90. The van der Waals surface area contributed by atoms with E-state index in [4.69, 9.17) is 5.11 Å². The zero-order chi connectivity index (χ0) is 16.6. The summed E-state index contributed by atoms with van der Waals surface area (Å²) >= 11 is 0.978. The van der Waals surface area contributed by atoms with Crippen LogP contribution < -0.4 is 10.1 Å². The third-order valence-corrected chi connectivity index (χ3v) is 3.19. The zero-order valence-corrected chi connectivity index (χ0v) is 12.2. The number of hydrogen-bond donors (Lipinski definition) is 2. The minimum Gasteiger partial charge on any atom is -0.484 e. The molecule has 0 heterocycles. The predicted molar refractivity (Wildman–Crippen MR) is 74.8 cm³/mol.